The highest BCUT2D eigenvalue weighted by atomic mass is 35.5. The summed E-state index contributed by atoms with van der Waals surface area (Å²) >= 11 is 6.05. The number of aliphatic hydroxyl groups excluding tert-OH is 1. The molecule has 3 heteroatoms. The van der Waals surface area contributed by atoms with Gasteiger partial charge in [-0.05, 0) is 38.0 Å². The molecule has 2 rings (SSSR count). The number of nitrogens with zero attached hydrogens (tertiary/aromatic N) is 1. The Kier molecular flexibility index (Phi) is 2.87. The highest BCUT2D eigenvalue weighted by molar-refractivity contribution is 6.30. The molecular formula is C13H14ClNO. The predicted octanol–water partition coefficient (Wildman–Crippen LogP) is 3.56. The van der Waals surface area contributed by atoms with Crippen LogP contribution in [0.4, 0.5) is 0 Å². The van der Waals surface area contributed by atoms with Crippen molar-refractivity contribution in [1.82, 2.24) is 4.98 Å². The number of benzene rings is 1. The van der Waals surface area contributed by atoms with Crippen molar-refractivity contribution in [3.8, 4) is 0 Å². The summed E-state index contributed by atoms with van der Waals surface area (Å²) in [6.07, 6.45) is -0.593. The lowest BCUT2D eigenvalue weighted by Crippen LogP contribution is -1.97. The fraction of sp³-hybridized carbons (Fsp3) is 0.308. The first-order valence-electron chi connectivity index (χ1n) is 5.25. The van der Waals surface area contributed by atoms with Gasteiger partial charge in [-0.2, -0.15) is 0 Å². The third-order valence-electron chi connectivity index (χ3n) is 2.83. The van der Waals surface area contributed by atoms with Gasteiger partial charge in [0.2, 0.25) is 0 Å². The molecule has 0 aliphatic rings. The fourth-order valence-corrected chi connectivity index (χ4v) is 2.12. The molecule has 16 heavy (non-hydrogen) atoms. The molecule has 0 saturated carbocycles. The Labute approximate surface area is 99.9 Å². The number of halogens is 1. The summed E-state index contributed by atoms with van der Waals surface area (Å²) in [7, 11) is 0. The van der Waals surface area contributed by atoms with Crippen LogP contribution in [0.3, 0.4) is 0 Å². The lowest BCUT2D eigenvalue weighted by molar-refractivity contribution is 0.199. The van der Waals surface area contributed by atoms with Crippen LogP contribution >= 0.6 is 11.6 Å². The van der Waals surface area contributed by atoms with E-state index in [0.717, 1.165) is 22.0 Å². The number of fused-ring (bicyclic) bond motifs is 1. The van der Waals surface area contributed by atoms with Gasteiger partial charge in [-0.1, -0.05) is 23.7 Å². The first-order valence-corrected chi connectivity index (χ1v) is 5.63. The molecule has 1 N–H and O–H groups in total. The van der Waals surface area contributed by atoms with Crippen molar-refractivity contribution in [2.45, 2.75) is 26.9 Å². The van der Waals surface area contributed by atoms with Crippen molar-refractivity contribution in [3.05, 3.63) is 40.0 Å². The van der Waals surface area contributed by atoms with Gasteiger partial charge >= 0.3 is 0 Å². The number of aromatic nitrogens is 1. The smallest absolute Gasteiger partial charge is 0.135 e. The van der Waals surface area contributed by atoms with Crippen molar-refractivity contribution < 1.29 is 5.11 Å². The Morgan fingerprint density at radius 3 is 2.50 bits per heavy atom. The highest BCUT2D eigenvalue weighted by Gasteiger charge is 2.11. The summed E-state index contributed by atoms with van der Waals surface area (Å²) in [5, 5.41) is 11.0. The lowest BCUT2D eigenvalue weighted by Gasteiger charge is -2.11. The molecule has 1 atom stereocenters. The van der Waals surface area contributed by atoms with Gasteiger partial charge < -0.3 is 5.11 Å². The van der Waals surface area contributed by atoms with Gasteiger partial charge in [-0.25, -0.2) is 4.98 Å². The zero-order valence-corrected chi connectivity index (χ0v) is 10.3. The van der Waals surface area contributed by atoms with Crippen molar-refractivity contribution in [2.24, 2.45) is 0 Å². The topological polar surface area (TPSA) is 33.1 Å². The second kappa shape index (κ2) is 4.04. The minimum atomic E-state index is -0.593. The van der Waals surface area contributed by atoms with E-state index in [9.17, 15) is 5.11 Å². The van der Waals surface area contributed by atoms with E-state index in [4.69, 9.17) is 11.6 Å². The minimum absolute atomic E-state index is 0.385. The minimum Gasteiger partial charge on any atom is -0.389 e. The van der Waals surface area contributed by atoms with Crippen molar-refractivity contribution in [3.63, 3.8) is 0 Å². The summed E-state index contributed by atoms with van der Waals surface area (Å²) < 4.78 is 0. The molecule has 84 valence electrons. The number of aryl methyl sites for hydroxylation is 2. The van der Waals surface area contributed by atoms with E-state index in [0.29, 0.717) is 10.7 Å². The monoisotopic (exact) mass is 235 g/mol. The van der Waals surface area contributed by atoms with Crippen molar-refractivity contribution >= 4 is 22.5 Å². The van der Waals surface area contributed by atoms with Crippen LogP contribution in [0.2, 0.25) is 5.15 Å². The molecule has 0 fully saturated rings. The molecule has 2 aromatic rings. The zero-order chi connectivity index (χ0) is 11.9. The molecule has 0 radical (unpaired) electrons. The van der Waals surface area contributed by atoms with Gasteiger partial charge in [0.1, 0.15) is 5.15 Å². The maximum Gasteiger partial charge on any atom is 0.135 e. The van der Waals surface area contributed by atoms with Crippen LogP contribution in [0.15, 0.2) is 18.2 Å². The summed E-state index contributed by atoms with van der Waals surface area (Å²) in [4.78, 5) is 4.36. The number of hydrogen-bond acceptors (Lipinski definition) is 2. The molecule has 0 bridgehead atoms. The summed E-state index contributed by atoms with van der Waals surface area (Å²) in [6, 6.07) is 6.01. The van der Waals surface area contributed by atoms with Crippen molar-refractivity contribution in [1.29, 1.82) is 0 Å². The third-order valence-corrected chi connectivity index (χ3v) is 3.14. The number of hydrogen-bond donors (Lipinski definition) is 1. The number of rotatable bonds is 1. The first kappa shape index (κ1) is 11.4. The predicted molar refractivity (Wildman–Crippen MR) is 66.9 cm³/mol. The zero-order valence-electron chi connectivity index (χ0n) is 9.58. The molecule has 2 nitrogen and oxygen atoms in total. The molecule has 1 heterocycles. The lowest BCUT2D eigenvalue weighted by atomic mass is 10.0. The Balaban J connectivity index is 2.84. The summed E-state index contributed by atoms with van der Waals surface area (Å²) in [6.45, 7) is 5.73. The average Bonchev–Trinajstić information content (AvgIpc) is 2.23. The maximum atomic E-state index is 9.60. The Morgan fingerprint density at radius 2 is 1.88 bits per heavy atom. The van der Waals surface area contributed by atoms with E-state index in [-0.39, 0.29) is 0 Å². The van der Waals surface area contributed by atoms with Crippen LogP contribution in [-0.2, 0) is 0 Å². The molecule has 0 spiro atoms. The quantitative estimate of drug-likeness (QED) is 0.767. The van der Waals surface area contributed by atoms with Gasteiger partial charge in [-0.15, -0.1) is 0 Å². The largest absolute Gasteiger partial charge is 0.389 e. The van der Waals surface area contributed by atoms with Gasteiger partial charge in [0.05, 0.1) is 11.6 Å². The normalized spacial score (nSPS) is 13.1. The van der Waals surface area contributed by atoms with E-state index in [2.05, 4.69) is 11.1 Å². The van der Waals surface area contributed by atoms with E-state index in [1.807, 2.05) is 26.0 Å². The van der Waals surface area contributed by atoms with Crippen LogP contribution in [-0.4, -0.2) is 10.1 Å². The Hall–Kier alpha value is -1.12. The van der Waals surface area contributed by atoms with Gasteiger partial charge in [0, 0.05) is 10.9 Å². The molecular weight excluding hydrogens is 222 g/mol. The van der Waals surface area contributed by atoms with E-state index >= 15 is 0 Å². The molecule has 0 unspecified atom stereocenters. The van der Waals surface area contributed by atoms with E-state index < -0.39 is 6.10 Å². The van der Waals surface area contributed by atoms with E-state index in [1.165, 1.54) is 0 Å². The molecule has 0 aliphatic carbocycles. The Morgan fingerprint density at radius 1 is 1.25 bits per heavy atom. The second-order valence-corrected chi connectivity index (χ2v) is 4.50. The van der Waals surface area contributed by atoms with Crippen LogP contribution < -0.4 is 0 Å². The standard InChI is InChI=1S/C13H14ClNO/c1-7-4-5-8(2)12-10(7)6-11(9(3)16)13(14)15-12/h4-6,9,16H,1-3H3/t9-/m0/s1. The van der Waals surface area contributed by atoms with Crippen molar-refractivity contribution in [2.75, 3.05) is 0 Å². The number of aliphatic hydroxyl groups is 1. The van der Waals surface area contributed by atoms with Crippen LogP contribution in [0, 0.1) is 13.8 Å². The second-order valence-electron chi connectivity index (χ2n) is 4.14. The number of pyridine rings is 1. The van der Waals surface area contributed by atoms with E-state index in [1.54, 1.807) is 6.92 Å². The van der Waals surface area contributed by atoms with Crippen LogP contribution in [0.5, 0.6) is 0 Å². The van der Waals surface area contributed by atoms with Gasteiger partial charge in [0.25, 0.3) is 0 Å². The van der Waals surface area contributed by atoms with Gasteiger partial charge in [-0.3, -0.25) is 0 Å². The average molecular weight is 236 g/mol. The van der Waals surface area contributed by atoms with Gasteiger partial charge in [0.15, 0.2) is 0 Å². The van der Waals surface area contributed by atoms with Crippen LogP contribution in [0.1, 0.15) is 29.7 Å². The molecule has 0 aliphatic heterocycles. The summed E-state index contributed by atoms with van der Waals surface area (Å²) in [5.41, 5.74) is 3.84. The Bertz CT molecular complexity index is 549. The summed E-state index contributed by atoms with van der Waals surface area (Å²) in [5.74, 6) is 0. The fourth-order valence-electron chi connectivity index (χ4n) is 1.82. The maximum absolute atomic E-state index is 9.60. The molecule has 1 aromatic carbocycles. The first-order chi connectivity index (χ1) is 7.50. The molecule has 0 amide bonds. The molecule has 0 saturated heterocycles. The molecule has 1 aromatic heterocycles. The SMILES string of the molecule is Cc1ccc(C)c2nc(Cl)c([C@H](C)O)cc12. The van der Waals surface area contributed by atoms with Crippen LogP contribution in [0.25, 0.3) is 10.9 Å². The highest BCUT2D eigenvalue weighted by Crippen LogP contribution is 2.28. The third kappa shape index (κ3) is 1.79.